The number of hydrogen-bond donors (Lipinski definition) is 1. The number of rotatable bonds is 6. The van der Waals surface area contributed by atoms with E-state index in [1.807, 2.05) is 18.5 Å². The Balaban J connectivity index is 1.86. The molecule has 18 heavy (non-hydrogen) atoms. The van der Waals surface area contributed by atoms with Crippen LogP contribution in [0.25, 0.3) is 0 Å². The Bertz CT molecular complexity index is 483. The summed E-state index contributed by atoms with van der Waals surface area (Å²) in [4.78, 5) is 8.54. The molecule has 6 nitrogen and oxygen atoms in total. The third kappa shape index (κ3) is 2.95. The van der Waals surface area contributed by atoms with Gasteiger partial charge in [-0.1, -0.05) is 6.92 Å². The van der Waals surface area contributed by atoms with Gasteiger partial charge in [0.05, 0.1) is 18.8 Å². The minimum Gasteiger partial charge on any atom is -0.444 e. The van der Waals surface area contributed by atoms with Crippen molar-refractivity contribution in [2.75, 3.05) is 0 Å². The van der Waals surface area contributed by atoms with Crippen LogP contribution in [-0.4, -0.2) is 19.7 Å². The lowest BCUT2D eigenvalue weighted by Gasteiger charge is -2.04. The van der Waals surface area contributed by atoms with Gasteiger partial charge in [0.1, 0.15) is 17.9 Å². The molecule has 0 aliphatic heterocycles. The molecule has 0 radical (unpaired) electrons. The van der Waals surface area contributed by atoms with E-state index in [2.05, 4.69) is 27.3 Å². The van der Waals surface area contributed by atoms with E-state index in [0.29, 0.717) is 19.0 Å². The fraction of sp³-hybridized carbons (Fsp3) is 0.583. The predicted molar refractivity (Wildman–Crippen MR) is 66.8 cm³/mol. The molecule has 0 amide bonds. The number of aryl methyl sites for hydroxylation is 3. The Kier molecular flexibility index (Phi) is 4.09. The summed E-state index contributed by atoms with van der Waals surface area (Å²) in [7, 11) is 0. The number of oxazole rings is 1. The highest BCUT2D eigenvalue weighted by molar-refractivity contribution is 5.05. The normalized spacial score (nSPS) is 11.1. The molecule has 2 heterocycles. The molecular formula is C12H19N5O. The van der Waals surface area contributed by atoms with Crippen LogP contribution >= 0.6 is 0 Å². The quantitative estimate of drug-likeness (QED) is 0.841. The Morgan fingerprint density at radius 2 is 2.17 bits per heavy atom. The first-order valence-corrected chi connectivity index (χ1v) is 6.21. The molecule has 2 aromatic heterocycles. The second-order valence-corrected chi connectivity index (χ2v) is 4.25. The molecule has 0 bridgehead atoms. The monoisotopic (exact) mass is 249 g/mol. The number of hydrogen-bond acceptors (Lipinski definition) is 5. The van der Waals surface area contributed by atoms with Gasteiger partial charge >= 0.3 is 0 Å². The topological polar surface area (TPSA) is 68.8 Å². The lowest BCUT2D eigenvalue weighted by atomic mass is 10.4. The summed E-state index contributed by atoms with van der Waals surface area (Å²) in [6, 6.07) is 0. The lowest BCUT2D eigenvalue weighted by molar-refractivity contribution is 0.442. The van der Waals surface area contributed by atoms with Crippen LogP contribution in [0, 0.1) is 13.8 Å². The first-order chi connectivity index (χ1) is 8.70. The van der Waals surface area contributed by atoms with Gasteiger partial charge in [0.15, 0.2) is 0 Å². The Morgan fingerprint density at radius 1 is 1.33 bits per heavy atom. The molecule has 0 fully saturated rings. The van der Waals surface area contributed by atoms with Crippen LogP contribution in [-0.2, 0) is 19.6 Å². The van der Waals surface area contributed by atoms with Crippen LogP contribution in [0.5, 0.6) is 0 Å². The van der Waals surface area contributed by atoms with Gasteiger partial charge in [-0.25, -0.2) is 14.6 Å². The van der Waals surface area contributed by atoms with Crippen molar-refractivity contribution in [3.05, 3.63) is 29.5 Å². The van der Waals surface area contributed by atoms with Crippen molar-refractivity contribution in [1.82, 2.24) is 25.1 Å². The van der Waals surface area contributed by atoms with Gasteiger partial charge in [0.2, 0.25) is 5.89 Å². The zero-order valence-corrected chi connectivity index (χ0v) is 11.1. The van der Waals surface area contributed by atoms with E-state index in [-0.39, 0.29) is 0 Å². The molecule has 0 aromatic carbocycles. The van der Waals surface area contributed by atoms with Crippen molar-refractivity contribution in [2.45, 2.75) is 46.8 Å². The van der Waals surface area contributed by atoms with Crippen LogP contribution in [0.3, 0.4) is 0 Å². The summed E-state index contributed by atoms with van der Waals surface area (Å²) in [5, 5.41) is 7.44. The fourth-order valence-electron chi connectivity index (χ4n) is 1.72. The third-order valence-electron chi connectivity index (χ3n) is 2.76. The standard InChI is InChI=1S/C12H19N5O/c1-4-5-17-11(14-8-15-17)6-13-7-12-16-9(2)10(3)18-12/h8,13H,4-7H2,1-3H3. The lowest BCUT2D eigenvalue weighted by Crippen LogP contribution is -2.17. The summed E-state index contributed by atoms with van der Waals surface area (Å²) in [6.45, 7) is 8.16. The van der Waals surface area contributed by atoms with E-state index in [9.17, 15) is 0 Å². The SMILES string of the molecule is CCCn1ncnc1CNCc1nc(C)c(C)o1. The Labute approximate surface area is 106 Å². The highest BCUT2D eigenvalue weighted by Gasteiger charge is 2.06. The average molecular weight is 249 g/mol. The van der Waals surface area contributed by atoms with Gasteiger partial charge in [-0.2, -0.15) is 5.10 Å². The maximum absolute atomic E-state index is 5.49. The maximum Gasteiger partial charge on any atom is 0.208 e. The van der Waals surface area contributed by atoms with Crippen LogP contribution in [0.1, 0.15) is 36.5 Å². The highest BCUT2D eigenvalue weighted by Crippen LogP contribution is 2.07. The molecule has 0 aliphatic carbocycles. The fourth-order valence-corrected chi connectivity index (χ4v) is 1.72. The van der Waals surface area contributed by atoms with Crippen molar-refractivity contribution in [2.24, 2.45) is 0 Å². The zero-order chi connectivity index (χ0) is 13.0. The molecule has 0 saturated heterocycles. The first-order valence-electron chi connectivity index (χ1n) is 6.21. The van der Waals surface area contributed by atoms with Gasteiger partial charge in [-0.3, -0.25) is 0 Å². The number of nitrogens with one attached hydrogen (secondary N) is 1. The van der Waals surface area contributed by atoms with Crippen molar-refractivity contribution < 1.29 is 4.42 Å². The van der Waals surface area contributed by atoms with Crippen molar-refractivity contribution in [1.29, 1.82) is 0 Å². The largest absolute Gasteiger partial charge is 0.444 e. The van der Waals surface area contributed by atoms with Gasteiger partial charge < -0.3 is 9.73 Å². The molecule has 0 aliphatic rings. The molecule has 2 aromatic rings. The third-order valence-corrected chi connectivity index (χ3v) is 2.76. The molecule has 2 rings (SSSR count). The Morgan fingerprint density at radius 3 is 2.83 bits per heavy atom. The van der Waals surface area contributed by atoms with Gasteiger partial charge in [0, 0.05) is 6.54 Å². The number of nitrogens with zero attached hydrogens (tertiary/aromatic N) is 4. The molecule has 98 valence electrons. The van der Waals surface area contributed by atoms with E-state index >= 15 is 0 Å². The minimum absolute atomic E-state index is 0.605. The predicted octanol–water partition coefficient (Wildman–Crippen LogP) is 1.58. The summed E-state index contributed by atoms with van der Waals surface area (Å²) >= 11 is 0. The van der Waals surface area contributed by atoms with Crippen molar-refractivity contribution in [3.8, 4) is 0 Å². The van der Waals surface area contributed by atoms with Crippen molar-refractivity contribution >= 4 is 0 Å². The van der Waals surface area contributed by atoms with E-state index in [0.717, 1.165) is 30.2 Å². The Hall–Kier alpha value is -1.69. The first kappa shape index (κ1) is 12.8. The second kappa shape index (κ2) is 5.77. The summed E-state index contributed by atoms with van der Waals surface area (Å²) in [5.41, 5.74) is 0.945. The van der Waals surface area contributed by atoms with Crippen LogP contribution in [0.15, 0.2) is 10.7 Å². The van der Waals surface area contributed by atoms with E-state index in [1.165, 1.54) is 0 Å². The summed E-state index contributed by atoms with van der Waals surface area (Å²) < 4.78 is 7.41. The molecule has 1 N–H and O–H groups in total. The average Bonchev–Trinajstić information content (AvgIpc) is 2.89. The molecule has 0 atom stereocenters. The highest BCUT2D eigenvalue weighted by atomic mass is 16.4. The van der Waals surface area contributed by atoms with Gasteiger partial charge in [0.25, 0.3) is 0 Å². The summed E-state index contributed by atoms with van der Waals surface area (Å²) in [6.07, 6.45) is 2.64. The van der Waals surface area contributed by atoms with Crippen LogP contribution in [0.2, 0.25) is 0 Å². The molecule has 0 spiro atoms. The smallest absolute Gasteiger partial charge is 0.208 e. The van der Waals surface area contributed by atoms with Gasteiger partial charge in [-0.05, 0) is 20.3 Å². The molecule has 0 unspecified atom stereocenters. The summed E-state index contributed by atoms with van der Waals surface area (Å²) in [5.74, 6) is 2.53. The van der Waals surface area contributed by atoms with Gasteiger partial charge in [-0.15, -0.1) is 0 Å². The molecular weight excluding hydrogens is 230 g/mol. The van der Waals surface area contributed by atoms with Crippen LogP contribution < -0.4 is 5.32 Å². The minimum atomic E-state index is 0.605. The molecule has 0 saturated carbocycles. The number of aromatic nitrogens is 4. The van der Waals surface area contributed by atoms with E-state index < -0.39 is 0 Å². The van der Waals surface area contributed by atoms with E-state index in [1.54, 1.807) is 6.33 Å². The molecule has 6 heteroatoms. The van der Waals surface area contributed by atoms with Crippen LogP contribution in [0.4, 0.5) is 0 Å². The second-order valence-electron chi connectivity index (χ2n) is 4.25. The van der Waals surface area contributed by atoms with Crippen molar-refractivity contribution in [3.63, 3.8) is 0 Å². The maximum atomic E-state index is 5.49. The zero-order valence-electron chi connectivity index (χ0n) is 11.1. The van der Waals surface area contributed by atoms with E-state index in [4.69, 9.17) is 4.42 Å².